The van der Waals surface area contributed by atoms with Crippen molar-refractivity contribution in [1.82, 2.24) is 5.32 Å². The second kappa shape index (κ2) is 7.12. The van der Waals surface area contributed by atoms with Crippen molar-refractivity contribution in [3.8, 4) is 5.75 Å². The summed E-state index contributed by atoms with van der Waals surface area (Å²) in [7, 11) is 0. The van der Waals surface area contributed by atoms with Crippen molar-refractivity contribution in [3.05, 3.63) is 29.8 Å². The van der Waals surface area contributed by atoms with Crippen LogP contribution in [0.1, 0.15) is 58.6 Å². The van der Waals surface area contributed by atoms with E-state index in [9.17, 15) is 0 Å². The third-order valence-corrected chi connectivity index (χ3v) is 4.72. The Morgan fingerprint density at radius 1 is 1.25 bits per heavy atom. The second-order valence-electron chi connectivity index (χ2n) is 6.36. The number of hydrogen-bond donors (Lipinski definition) is 1. The van der Waals surface area contributed by atoms with Crippen LogP contribution in [0, 0.1) is 11.8 Å². The van der Waals surface area contributed by atoms with Gasteiger partial charge in [0.15, 0.2) is 0 Å². The molecular weight excluding hydrogens is 246 g/mol. The lowest BCUT2D eigenvalue weighted by Gasteiger charge is -2.32. The summed E-state index contributed by atoms with van der Waals surface area (Å²) in [6.07, 6.45) is 4.07. The third-order valence-electron chi connectivity index (χ3n) is 4.72. The van der Waals surface area contributed by atoms with E-state index >= 15 is 0 Å². The van der Waals surface area contributed by atoms with Crippen LogP contribution in [-0.4, -0.2) is 12.6 Å². The molecule has 0 amide bonds. The van der Waals surface area contributed by atoms with E-state index in [4.69, 9.17) is 4.74 Å². The smallest absolute Gasteiger partial charge is 0.120 e. The summed E-state index contributed by atoms with van der Waals surface area (Å²) in [5, 5.41) is 3.45. The Labute approximate surface area is 123 Å². The van der Waals surface area contributed by atoms with Crippen molar-refractivity contribution in [1.29, 1.82) is 0 Å². The Hall–Kier alpha value is -1.02. The van der Waals surface area contributed by atoms with Crippen molar-refractivity contribution in [2.24, 2.45) is 11.8 Å². The molecule has 0 bridgehead atoms. The van der Waals surface area contributed by atoms with Crippen LogP contribution in [0.4, 0.5) is 0 Å². The molecule has 1 aliphatic carbocycles. The molecule has 0 heterocycles. The fraction of sp³-hybridized carbons (Fsp3) is 0.667. The summed E-state index contributed by atoms with van der Waals surface area (Å²) in [4.78, 5) is 0. The summed E-state index contributed by atoms with van der Waals surface area (Å²) < 4.78 is 6.22. The van der Waals surface area contributed by atoms with Gasteiger partial charge in [-0.25, -0.2) is 0 Å². The molecule has 20 heavy (non-hydrogen) atoms. The van der Waals surface area contributed by atoms with Crippen LogP contribution >= 0.6 is 0 Å². The zero-order chi connectivity index (χ0) is 14.5. The normalized spacial score (nSPS) is 28.1. The lowest BCUT2D eigenvalue weighted by molar-refractivity contribution is 0.100. The third kappa shape index (κ3) is 3.99. The molecule has 0 aliphatic heterocycles. The first-order chi connectivity index (χ1) is 9.60. The molecule has 2 rings (SSSR count). The van der Waals surface area contributed by atoms with Gasteiger partial charge in [-0.3, -0.25) is 0 Å². The molecule has 1 fully saturated rings. The predicted octanol–water partition coefficient (Wildman–Crippen LogP) is 4.56. The molecule has 0 spiro atoms. The minimum atomic E-state index is 0.383. The highest BCUT2D eigenvalue weighted by atomic mass is 16.5. The summed E-state index contributed by atoms with van der Waals surface area (Å²) in [6, 6.07) is 8.94. The zero-order valence-electron chi connectivity index (χ0n) is 13.4. The Bertz CT molecular complexity index is 418. The maximum absolute atomic E-state index is 6.22. The van der Waals surface area contributed by atoms with Crippen LogP contribution < -0.4 is 10.1 Å². The van der Waals surface area contributed by atoms with Crippen molar-refractivity contribution in [3.63, 3.8) is 0 Å². The molecule has 2 nitrogen and oxygen atoms in total. The van der Waals surface area contributed by atoms with Gasteiger partial charge in [0.1, 0.15) is 5.75 Å². The van der Waals surface area contributed by atoms with Gasteiger partial charge in [0.2, 0.25) is 0 Å². The molecule has 0 aromatic heterocycles. The number of ether oxygens (including phenoxy) is 1. The van der Waals surface area contributed by atoms with Crippen LogP contribution in [0.5, 0.6) is 5.75 Å². The van der Waals surface area contributed by atoms with Crippen molar-refractivity contribution in [2.75, 3.05) is 6.54 Å². The Balaban J connectivity index is 1.97. The molecule has 0 saturated heterocycles. The van der Waals surface area contributed by atoms with E-state index in [0.29, 0.717) is 12.1 Å². The second-order valence-corrected chi connectivity index (χ2v) is 6.36. The minimum absolute atomic E-state index is 0.383. The lowest BCUT2D eigenvalue weighted by Crippen LogP contribution is -2.28. The molecule has 4 atom stereocenters. The molecule has 1 aliphatic rings. The highest BCUT2D eigenvalue weighted by molar-refractivity contribution is 5.30. The first-order valence-corrected chi connectivity index (χ1v) is 8.10. The molecule has 1 aromatic rings. The minimum Gasteiger partial charge on any atom is -0.490 e. The average Bonchev–Trinajstić information content (AvgIpc) is 2.43. The summed E-state index contributed by atoms with van der Waals surface area (Å²) in [5.74, 6) is 2.64. The van der Waals surface area contributed by atoms with Gasteiger partial charge in [0, 0.05) is 6.04 Å². The van der Waals surface area contributed by atoms with Crippen molar-refractivity contribution < 1.29 is 4.74 Å². The molecule has 1 aromatic carbocycles. The monoisotopic (exact) mass is 275 g/mol. The number of nitrogens with one attached hydrogen (secondary N) is 1. The van der Waals surface area contributed by atoms with E-state index in [0.717, 1.165) is 24.1 Å². The standard InChI is InChI=1S/C18H29NO/c1-5-19-15(4)16-7-6-8-17(12-16)20-18-10-9-13(2)14(3)11-18/h6-8,12-15,18-19H,5,9-11H2,1-4H3. The molecule has 1 N–H and O–H groups in total. The molecule has 4 unspecified atom stereocenters. The van der Waals surface area contributed by atoms with E-state index in [1.54, 1.807) is 0 Å². The topological polar surface area (TPSA) is 21.3 Å². The van der Waals surface area contributed by atoms with Crippen molar-refractivity contribution >= 4 is 0 Å². The van der Waals surface area contributed by atoms with Crippen LogP contribution in [-0.2, 0) is 0 Å². The predicted molar refractivity (Wildman–Crippen MR) is 85.1 cm³/mol. The van der Waals surface area contributed by atoms with Gasteiger partial charge in [0.25, 0.3) is 0 Å². The quantitative estimate of drug-likeness (QED) is 0.850. The Morgan fingerprint density at radius 3 is 2.75 bits per heavy atom. The fourth-order valence-electron chi connectivity index (χ4n) is 3.08. The average molecular weight is 275 g/mol. The molecule has 112 valence electrons. The maximum atomic E-state index is 6.22. The summed E-state index contributed by atoms with van der Waals surface area (Å²) in [6.45, 7) is 10.0. The largest absolute Gasteiger partial charge is 0.490 e. The first-order valence-electron chi connectivity index (χ1n) is 8.10. The van der Waals surface area contributed by atoms with Gasteiger partial charge in [0.05, 0.1) is 6.10 Å². The van der Waals surface area contributed by atoms with Gasteiger partial charge >= 0.3 is 0 Å². The molecular formula is C18H29NO. The van der Waals surface area contributed by atoms with Crippen molar-refractivity contribution in [2.45, 2.75) is 59.1 Å². The lowest BCUT2D eigenvalue weighted by atomic mass is 9.80. The number of rotatable bonds is 5. The Kier molecular flexibility index (Phi) is 5.47. The number of hydrogen-bond acceptors (Lipinski definition) is 2. The van der Waals surface area contributed by atoms with Crippen LogP contribution in [0.25, 0.3) is 0 Å². The SMILES string of the molecule is CCNC(C)c1cccc(OC2CCC(C)C(C)C2)c1. The van der Waals surface area contributed by atoms with Crippen LogP contribution in [0.3, 0.4) is 0 Å². The molecule has 0 radical (unpaired) electrons. The van der Waals surface area contributed by atoms with E-state index in [1.807, 2.05) is 0 Å². The molecule has 2 heteroatoms. The van der Waals surface area contributed by atoms with Gasteiger partial charge in [-0.15, -0.1) is 0 Å². The van der Waals surface area contributed by atoms with Gasteiger partial charge in [-0.05, 0) is 62.3 Å². The van der Waals surface area contributed by atoms with Crippen LogP contribution in [0.15, 0.2) is 24.3 Å². The Morgan fingerprint density at radius 2 is 2.05 bits per heavy atom. The number of benzene rings is 1. The van der Waals surface area contributed by atoms with Crippen LogP contribution in [0.2, 0.25) is 0 Å². The highest BCUT2D eigenvalue weighted by Gasteiger charge is 2.25. The summed E-state index contributed by atoms with van der Waals surface area (Å²) >= 11 is 0. The van der Waals surface area contributed by atoms with E-state index in [-0.39, 0.29) is 0 Å². The zero-order valence-corrected chi connectivity index (χ0v) is 13.4. The van der Waals surface area contributed by atoms with E-state index in [1.165, 1.54) is 24.8 Å². The van der Waals surface area contributed by atoms with Gasteiger partial charge in [-0.2, -0.15) is 0 Å². The summed E-state index contributed by atoms with van der Waals surface area (Å²) in [5.41, 5.74) is 1.31. The molecule has 1 saturated carbocycles. The highest BCUT2D eigenvalue weighted by Crippen LogP contribution is 2.32. The maximum Gasteiger partial charge on any atom is 0.120 e. The van der Waals surface area contributed by atoms with E-state index in [2.05, 4.69) is 57.3 Å². The van der Waals surface area contributed by atoms with Gasteiger partial charge < -0.3 is 10.1 Å². The fourth-order valence-corrected chi connectivity index (χ4v) is 3.08. The van der Waals surface area contributed by atoms with Gasteiger partial charge in [-0.1, -0.05) is 32.9 Å². The van der Waals surface area contributed by atoms with E-state index < -0.39 is 0 Å². The first kappa shape index (κ1) is 15.4.